The van der Waals surface area contributed by atoms with Gasteiger partial charge < -0.3 is 14.2 Å². The maximum absolute atomic E-state index is 14.3. The topological polar surface area (TPSA) is 58.3 Å². The van der Waals surface area contributed by atoms with Crippen molar-refractivity contribution in [2.75, 3.05) is 13.1 Å². The van der Waals surface area contributed by atoms with Crippen LogP contribution in [0.4, 0.5) is 13.6 Å². The second-order valence-corrected chi connectivity index (χ2v) is 7.76. The van der Waals surface area contributed by atoms with Crippen LogP contribution in [0, 0.1) is 23.0 Å². The van der Waals surface area contributed by atoms with Crippen molar-refractivity contribution in [3.05, 3.63) is 89.6 Å². The molecule has 0 aliphatic rings. The number of hydrogen-bond acceptors (Lipinski definition) is 3. The summed E-state index contributed by atoms with van der Waals surface area (Å²) in [6.07, 6.45) is 1.33. The Morgan fingerprint density at radius 3 is 2.44 bits per heavy atom. The van der Waals surface area contributed by atoms with E-state index in [9.17, 15) is 13.6 Å². The Balaban J connectivity index is 1.83. The summed E-state index contributed by atoms with van der Waals surface area (Å²) >= 11 is 0. The lowest BCUT2D eigenvalue weighted by Crippen LogP contribution is -2.33. The Hall–Kier alpha value is -4.18. The van der Waals surface area contributed by atoms with Gasteiger partial charge in [0.25, 0.3) is 0 Å². The van der Waals surface area contributed by atoms with E-state index in [1.54, 1.807) is 53.6 Å². The molecule has 5 nitrogen and oxygen atoms in total. The fourth-order valence-corrected chi connectivity index (χ4v) is 3.98. The fraction of sp³-hybridized carbons (Fsp3) is 0.185. The molecule has 0 unspecified atom stereocenters. The van der Waals surface area contributed by atoms with Gasteiger partial charge in [-0.2, -0.15) is 5.26 Å². The number of rotatable bonds is 6. The van der Waals surface area contributed by atoms with Gasteiger partial charge in [0.15, 0.2) is 11.6 Å². The molecule has 0 aliphatic carbocycles. The predicted molar refractivity (Wildman–Crippen MR) is 126 cm³/mol. The summed E-state index contributed by atoms with van der Waals surface area (Å²) in [5.41, 5.74) is 2.96. The van der Waals surface area contributed by atoms with Crippen molar-refractivity contribution in [2.24, 2.45) is 0 Å². The van der Waals surface area contributed by atoms with Crippen LogP contribution in [0.2, 0.25) is 0 Å². The molecule has 1 amide bonds. The zero-order valence-electron chi connectivity index (χ0n) is 18.9. The van der Waals surface area contributed by atoms with Crippen LogP contribution in [-0.4, -0.2) is 28.6 Å². The summed E-state index contributed by atoms with van der Waals surface area (Å²) in [5.74, 6) is -1.39. The van der Waals surface area contributed by atoms with Crippen molar-refractivity contribution in [2.45, 2.75) is 20.4 Å². The molecule has 0 radical (unpaired) electrons. The first-order chi connectivity index (χ1) is 16.5. The number of fused-ring (bicyclic) bond motifs is 1. The zero-order valence-corrected chi connectivity index (χ0v) is 18.9. The number of nitriles is 1. The van der Waals surface area contributed by atoms with Gasteiger partial charge in [0.05, 0.1) is 18.2 Å². The molecule has 0 bridgehead atoms. The number of ether oxygens (including phenoxy) is 1. The Labute approximate surface area is 196 Å². The van der Waals surface area contributed by atoms with Crippen LogP contribution in [0.3, 0.4) is 0 Å². The number of aromatic nitrogens is 1. The lowest BCUT2D eigenvalue weighted by molar-refractivity contribution is 0.157. The van der Waals surface area contributed by atoms with Gasteiger partial charge >= 0.3 is 6.09 Å². The lowest BCUT2D eigenvalue weighted by atomic mass is 9.99. The molecule has 0 saturated heterocycles. The monoisotopic (exact) mass is 459 g/mol. The molecule has 7 heteroatoms. The smallest absolute Gasteiger partial charge is 0.410 e. The Morgan fingerprint density at radius 2 is 1.76 bits per heavy atom. The number of carbonyl (C=O) groups is 1. The molecule has 0 spiro atoms. The van der Waals surface area contributed by atoms with E-state index < -0.39 is 17.7 Å². The number of amides is 1. The Bertz CT molecular complexity index is 1380. The largest absolute Gasteiger partial charge is 0.415 e. The first-order valence-corrected chi connectivity index (χ1v) is 11.0. The molecular weight excluding hydrogens is 436 g/mol. The van der Waals surface area contributed by atoms with E-state index in [1.807, 2.05) is 24.5 Å². The van der Waals surface area contributed by atoms with Crippen molar-refractivity contribution in [1.82, 2.24) is 9.47 Å². The minimum Gasteiger partial charge on any atom is -0.410 e. The molecule has 1 aromatic heterocycles. The molecule has 0 atom stereocenters. The Kier molecular flexibility index (Phi) is 6.60. The maximum Gasteiger partial charge on any atom is 0.415 e. The van der Waals surface area contributed by atoms with Crippen LogP contribution in [0.15, 0.2) is 66.9 Å². The van der Waals surface area contributed by atoms with Crippen LogP contribution >= 0.6 is 0 Å². The van der Waals surface area contributed by atoms with Gasteiger partial charge in [-0.3, -0.25) is 0 Å². The molecule has 4 rings (SSSR count). The van der Waals surface area contributed by atoms with Gasteiger partial charge in [-0.15, -0.1) is 0 Å². The highest BCUT2D eigenvalue weighted by molar-refractivity contribution is 5.99. The minimum absolute atomic E-state index is 0.137. The van der Waals surface area contributed by atoms with Crippen LogP contribution in [-0.2, 0) is 6.54 Å². The molecule has 0 N–H and O–H groups in total. The summed E-state index contributed by atoms with van der Waals surface area (Å²) in [4.78, 5) is 14.3. The van der Waals surface area contributed by atoms with Gasteiger partial charge in [0, 0.05) is 41.3 Å². The van der Waals surface area contributed by atoms with Crippen LogP contribution in [0.25, 0.3) is 22.0 Å². The van der Waals surface area contributed by atoms with Crippen molar-refractivity contribution in [3.8, 4) is 22.9 Å². The molecular formula is C27H23F2N3O2. The SMILES string of the molecule is CCN(CC)C(=O)Oc1ccc2c(ccn2Cc2cccc(F)c2F)c1-c1ccc(C#N)cc1. The van der Waals surface area contributed by atoms with Gasteiger partial charge in [0.1, 0.15) is 5.75 Å². The molecule has 0 saturated carbocycles. The maximum atomic E-state index is 14.3. The second-order valence-electron chi connectivity index (χ2n) is 7.76. The average molecular weight is 459 g/mol. The van der Waals surface area contributed by atoms with Crippen molar-refractivity contribution >= 4 is 17.0 Å². The highest BCUT2D eigenvalue weighted by Gasteiger charge is 2.19. The number of carbonyl (C=O) groups excluding carboxylic acids is 1. The summed E-state index contributed by atoms with van der Waals surface area (Å²) in [6, 6.07) is 18.6. The minimum atomic E-state index is -0.891. The van der Waals surface area contributed by atoms with E-state index in [1.165, 1.54) is 6.07 Å². The molecule has 3 aromatic carbocycles. The molecule has 172 valence electrons. The standard InChI is InChI=1S/C27H23F2N3O2/c1-3-31(4-2)27(33)34-24-13-12-23-21(25(24)19-10-8-18(16-30)9-11-19)14-15-32(23)17-20-6-5-7-22(28)26(20)29/h5-15H,3-4,17H2,1-2H3. The first-order valence-electron chi connectivity index (χ1n) is 11.0. The van der Waals surface area contributed by atoms with Gasteiger partial charge in [-0.1, -0.05) is 24.3 Å². The third kappa shape index (κ3) is 4.35. The van der Waals surface area contributed by atoms with Crippen LogP contribution in [0.1, 0.15) is 25.0 Å². The van der Waals surface area contributed by atoms with Crippen molar-refractivity contribution in [1.29, 1.82) is 5.26 Å². The zero-order chi connectivity index (χ0) is 24.2. The van der Waals surface area contributed by atoms with Gasteiger partial charge in [-0.05, 0) is 55.8 Å². The highest BCUT2D eigenvalue weighted by atomic mass is 19.2. The third-order valence-electron chi connectivity index (χ3n) is 5.81. The second kappa shape index (κ2) is 9.75. The number of hydrogen-bond donors (Lipinski definition) is 0. The predicted octanol–water partition coefficient (Wildman–Crippen LogP) is 6.35. The lowest BCUT2D eigenvalue weighted by Gasteiger charge is -2.20. The van der Waals surface area contributed by atoms with E-state index in [4.69, 9.17) is 10.00 Å². The van der Waals surface area contributed by atoms with E-state index in [-0.39, 0.29) is 12.1 Å². The van der Waals surface area contributed by atoms with E-state index in [0.717, 1.165) is 22.5 Å². The summed E-state index contributed by atoms with van der Waals surface area (Å²) < 4.78 is 35.6. The summed E-state index contributed by atoms with van der Waals surface area (Å²) in [6.45, 7) is 4.92. The first kappa shape index (κ1) is 23.0. The molecule has 0 fully saturated rings. The summed E-state index contributed by atoms with van der Waals surface area (Å²) in [5, 5.41) is 9.94. The quantitative estimate of drug-likeness (QED) is 0.338. The number of nitrogens with zero attached hydrogens (tertiary/aromatic N) is 3. The Morgan fingerprint density at radius 1 is 1.03 bits per heavy atom. The average Bonchev–Trinajstić information content (AvgIpc) is 3.25. The van der Waals surface area contributed by atoms with Crippen molar-refractivity contribution in [3.63, 3.8) is 0 Å². The number of benzene rings is 3. The summed E-state index contributed by atoms with van der Waals surface area (Å²) in [7, 11) is 0. The van der Waals surface area contributed by atoms with Gasteiger partial charge in [-0.25, -0.2) is 13.6 Å². The van der Waals surface area contributed by atoms with Crippen LogP contribution in [0.5, 0.6) is 5.75 Å². The molecule has 4 aromatic rings. The van der Waals surface area contributed by atoms with Crippen molar-refractivity contribution < 1.29 is 18.3 Å². The van der Waals surface area contributed by atoms with Gasteiger partial charge in [0.2, 0.25) is 0 Å². The van der Waals surface area contributed by atoms with Crippen LogP contribution < -0.4 is 4.74 Å². The van der Waals surface area contributed by atoms with E-state index in [0.29, 0.717) is 30.0 Å². The number of halogens is 2. The highest BCUT2D eigenvalue weighted by Crippen LogP contribution is 2.38. The third-order valence-corrected chi connectivity index (χ3v) is 5.81. The molecule has 0 aliphatic heterocycles. The fourth-order valence-electron chi connectivity index (χ4n) is 3.98. The normalized spacial score (nSPS) is 10.8. The van der Waals surface area contributed by atoms with E-state index in [2.05, 4.69) is 6.07 Å². The molecule has 34 heavy (non-hydrogen) atoms. The van der Waals surface area contributed by atoms with E-state index >= 15 is 0 Å². The molecule has 1 heterocycles.